The van der Waals surface area contributed by atoms with E-state index in [2.05, 4.69) is 10.6 Å². The Kier molecular flexibility index (Phi) is 35.4. The lowest BCUT2D eigenvalue weighted by atomic mass is 10.3. The van der Waals surface area contributed by atoms with Crippen molar-refractivity contribution in [3.63, 3.8) is 0 Å². The first kappa shape index (κ1) is 41.5. The molecule has 0 aromatic rings. The molecule has 1 amide bonds. The first-order valence-electron chi connectivity index (χ1n) is 15.1. The fourth-order valence-electron chi connectivity index (χ4n) is 2.97. The summed E-state index contributed by atoms with van der Waals surface area (Å²) >= 11 is 0. The molecule has 0 aromatic carbocycles. The molecule has 3 N–H and O–H groups in total. The van der Waals surface area contributed by atoms with Crippen molar-refractivity contribution in [3.05, 3.63) is 0 Å². The Morgan fingerprint density at radius 3 is 1.05 bits per heavy atom. The lowest BCUT2D eigenvalue weighted by Gasteiger charge is -2.09. The minimum Gasteiger partial charge on any atom is -0.481 e. The average molecular weight is 629 g/mol. The van der Waals surface area contributed by atoms with Crippen molar-refractivity contribution in [2.24, 2.45) is 0 Å². The van der Waals surface area contributed by atoms with Gasteiger partial charge in [-0.15, -0.1) is 0 Å². The molecule has 0 aliphatic heterocycles. The first-order chi connectivity index (χ1) is 21.2. The number of rotatable bonds is 37. The Morgan fingerprint density at radius 2 is 0.744 bits per heavy atom. The van der Waals surface area contributed by atoms with E-state index in [9.17, 15) is 9.59 Å². The van der Waals surface area contributed by atoms with Gasteiger partial charge in [-0.2, -0.15) is 0 Å². The molecule has 0 saturated heterocycles. The van der Waals surface area contributed by atoms with E-state index in [0.717, 1.165) is 6.54 Å². The molecule has 0 aliphatic rings. The minimum atomic E-state index is -0.981. The number of carboxylic acid groups (broad SMARTS) is 1. The van der Waals surface area contributed by atoms with Gasteiger partial charge in [0.05, 0.1) is 132 Å². The summed E-state index contributed by atoms with van der Waals surface area (Å²) in [7, 11) is 1.89. The summed E-state index contributed by atoms with van der Waals surface area (Å²) in [6, 6.07) is 0. The van der Waals surface area contributed by atoms with Crippen LogP contribution in [0.5, 0.6) is 0 Å². The van der Waals surface area contributed by atoms with Gasteiger partial charge in [-0.3, -0.25) is 9.59 Å². The van der Waals surface area contributed by atoms with Crippen molar-refractivity contribution in [1.29, 1.82) is 0 Å². The summed E-state index contributed by atoms with van der Waals surface area (Å²) in [5.41, 5.74) is 0. The Balaban J connectivity index is 3.08. The molecule has 0 aliphatic carbocycles. The predicted molar refractivity (Wildman–Crippen MR) is 157 cm³/mol. The largest absolute Gasteiger partial charge is 0.481 e. The molecule has 0 fully saturated rings. The summed E-state index contributed by atoms with van der Waals surface area (Å²) in [5, 5.41) is 14.2. The monoisotopic (exact) mass is 628 g/mol. The number of carbonyl (C=O) groups excluding carboxylic acids is 1. The van der Waals surface area contributed by atoms with Crippen LogP contribution in [0.4, 0.5) is 0 Å². The molecule has 0 rings (SSSR count). The Labute approximate surface area is 256 Å². The topological polar surface area (TPSA) is 171 Å². The Bertz CT molecular complexity index is 591. The highest BCUT2D eigenvalue weighted by atomic mass is 16.6. The Hall–Kier alpha value is -1.50. The van der Waals surface area contributed by atoms with Crippen molar-refractivity contribution in [2.75, 3.05) is 152 Å². The van der Waals surface area contributed by atoms with Gasteiger partial charge in [0, 0.05) is 26.1 Å². The van der Waals surface area contributed by atoms with E-state index in [0.29, 0.717) is 145 Å². The number of aliphatic carboxylic acids is 1. The fourth-order valence-corrected chi connectivity index (χ4v) is 2.97. The normalized spacial score (nSPS) is 11.3. The highest BCUT2D eigenvalue weighted by molar-refractivity contribution is 5.80. The zero-order valence-corrected chi connectivity index (χ0v) is 26.0. The third kappa shape index (κ3) is 38.5. The summed E-state index contributed by atoms with van der Waals surface area (Å²) in [5.74, 6) is -1.25. The molecule has 0 unspecified atom stereocenters. The molecule has 15 nitrogen and oxygen atoms in total. The van der Waals surface area contributed by atoms with Crippen LogP contribution >= 0.6 is 0 Å². The fraction of sp³-hybridized carbons (Fsp3) is 0.929. The van der Waals surface area contributed by atoms with Gasteiger partial charge in [-0.25, -0.2) is 0 Å². The number of carboxylic acids is 1. The van der Waals surface area contributed by atoms with Gasteiger partial charge in [0.2, 0.25) is 5.91 Å². The van der Waals surface area contributed by atoms with Crippen LogP contribution in [0, 0.1) is 0 Å². The van der Waals surface area contributed by atoms with Crippen LogP contribution in [0.25, 0.3) is 0 Å². The molecule has 0 aromatic heterocycles. The number of hydrogen-bond donors (Lipinski definition) is 3. The van der Waals surface area contributed by atoms with Crippen LogP contribution in [-0.2, 0) is 57.0 Å². The standard InChI is InChI=1S/C28H56N2O13/c1-29-6-8-35-10-12-37-14-16-39-18-20-41-22-24-43-26-25-42-23-21-40-19-17-38-15-13-36-11-9-34-7-2-5-30-27(31)3-4-28(32)33/h29H,2-26H2,1H3,(H,30,31)(H,32,33). The summed E-state index contributed by atoms with van der Waals surface area (Å²) < 4.78 is 54.3. The number of ether oxygens (including phenoxy) is 10. The van der Waals surface area contributed by atoms with Gasteiger partial charge in [0.15, 0.2) is 0 Å². The van der Waals surface area contributed by atoms with Crippen molar-refractivity contribution in [1.82, 2.24) is 10.6 Å². The number of hydrogen-bond acceptors (Lipinski definition) is 13. The van der Waals surface area contributed by atoms with E-state index in [1.165, 1.54) is 0 Å². The molecular formula is C28H56N2O13. The number of amides is 1. The molecular weight excluding hydrogens is 572 g/mol. The molecule has 15 heteroatoms. The SMILES string of the molecule is CNCCOCCOCCOCCOCCOCCOCCOCCOCCOCCOCCCNC(=O)CCC(=O)O. The lowest BCUT2D eigenvalue weighted by molar-refractivity contribution is -0.138. The van der Waals surface area contributed by atoms with Gasteiger partial charge in [-0.1, -0.05) is 0 Å². The molecule has 0 radical (unpaired) electrons. The number of likely N-dealkylation sites (N-methyl/N-ethyl adjacent to an activating group) is 1. The van der Waals surface area contributed by atoms with Crippen molar-refractivity contribution < 1.29 is 62.1 Å². The summed E-state index contributed by atoms with van der Waals surface area (Å²) in [6.07, 6.45) is 0.484. The number of nitrogens with one attached hydrogen (secondary N) is 2. The van der Waals surface area contributed by atoms with Gasteiger partial charge in [0.25, 0.3) is 0 Å². The van der Waals surface area contributed by atoms with Gasteiger partial charge in [0.1, 0.15) is 0 Å². The maximum absolute atomic E-state index is 11.3. The molecule has 0 saturated carbocycles. The molecule has 0 heterocycles. The highest BCUT2D eigenvalue weighted by Crippen LogP contribution is 1.90. The van der Waals surface area contributed by atoms with E-state index in [-0.39, 0.29) is 18.7 Å². The van der Waals surface area contributed by atoms with Crippen molar-refractivity contribution in [3.8, 4) is 0 Å². The third-order valence-corrected chi connectivity index (χ3v) is 5.20. The third-order valence-electron chi connectivity index (χ3n) is 5.20. The van der Waals surface area contributed by atoms with Crippen molar-refractivity contribution >= 4 is 11.9 Å². The lowest BCUT2D eigenvalue weighted by Crippen LogP contribution is -2.25. The van der Waals surface area contributed by atoms with Gasteiger partial charge in [-0.05, 0) is 13.5 Å². The second-order valence-corrected chi connectivity index (χ2v) is 8.82. The smallest absolute Gasteiger partial charge is 0.303 e. The van der Waals surface area contributed by atoms with Crippen molar-refractivity contribution in [2.45, 2.75) is 19.3 Å². The van der Waals surface area contributed by atoms with Crippen LogP contribution in [0.1, 0.15) is 19.3 Å². The second kappa shape index (κ2) is 36.7. The molecule has 43 heavy (non-hydrogen) atoms. The molecule has 0 bridgehead atoms. The molecule has 0 spiro atoms. The molecule has 256 valence electrons. The van der Waals surface area contributed by atoms with Gasteiger partial charge >= 0.3 is 5.97 Å². The van der Waals surface area contributed by atoms with E-state index in [4.69, 9.17) is 52.5 Å². The summed E-state index contributed by atoms with van der Waals surface area (Å²) in [4.78, 5) is 21.7. The van der Waals surface area contributed by atoms with Crippen LogP contribution < -0.4 is 10.6 Å². The minimum absolute atomic E-state index is 0.00818. The average Bonchev–Trinajstić information content (AvgIpc) is 3.00. The zero-order chi connectivity index (χ0) is 31.3. The van der Waals surface area contributed by atoms with E-state index >= 15 is 0 Å². The molecule has 0 atom stereocenters. The Morgan fingerprint density at radius 1 is 0.442 bits per heavy atom. The van der Waals surface area contributed by atoms with Crippen LogP contribution in [0.2, 0.25) is 0 Å². The maximum atomic E-state index is 11.3. The van der Waals surface area contributed by atoms with E-state index in [1.54, 1.807) is 0 Å². The van der Waals surface area contributed by atoms with E-state index in [1.807, 2.05) is 7.05 Å². The predicted octanol–water partition coefficient (Wildman–Crippen LogP) is -0.257. The highest BCUT2D eigenvalue weighted by Gasteiger charge is 2.04. The maximum Gasteiger partial charge on any atom is 0.303 e. The van der Waals surface area contributed by atoms with Crippen LogP contribution in [0.3, 0.4) is 0 Å². The zero-order valence-electron chi connectivity index (χ0n) is 26.0. The van der Waals surface area contributed by atoms with Gasteiger partial charge < -0.3 is 63.1 Å². The summed E-state index contributed by atoms with van der Waals surface area (Å²) in [6.45, 7) is 11.5. The van der Waals surface area contributed by atoms with Crippen LogP contribution in [0.15, 0.2) is 0 Å². The number of carbonyl (C=O) groups is 2. The quantitative estimate of drug-likeness (QED) is 0.0769. The van der Waals surface area contributed by atoms with Crippen LogP contribution in [-0.4, -0.2) is 169 Å². The van der Waals surface area contributed by atoms with E-state index < -0.39 is 5.97 Å². The second-order valence-electron chi connectivity index (χ2n) is 8.82. The first-order valence-corrected chi connectivity index (χ1v) is 15.1.